The average Bonchev–Trinajstić information content (AvgIpc) is 2.80. The molecular formula is C16H14ClNO. The highest BCUT2D eigenvalue weighted by Gasteiger charge is 2.16. The van der Waals surface area contributed by atoms with Crippen molar-refractivity contribution in [3.05, 3.63) is 53.2 Å². The van der Waals surface area contributed by atoms with Crippen molar-refractivity contribution >= 4 is 28.3 Å². The summed E-state index contributed by atoms with van der Waals surface area (Å²) < 4.78 is 5.90. The molecule has 2 aromatic carbocycles. The Hall–Kier alpha value is -1.93. The number of fused-ring (bicyclic) bond motifs is 1. The van der Waals surface area contributed by atoms with Gasteiger partial charge in [0, 0.05) is 33.6 Å². The van der Waals surface area contributed by atoms with E-state index in [1.165, 1.54) is 0 Å². The Balaban J connectivity index is 2.37. The van der Waals surface area contributed by atoms with E-state index in [1.807, 2.05) is 36.4 Å². The number of furan rings is 1. The topological polar surface area (TPSA) is 39.2 Å². The van der Waals surface area contributed by atoms with E-state index in [2.05, 4.69) is 6.92 Å². The Labute approximate surface area is 116 Å². The zero-order valence-electron chi connectivity index (χ0n) is 10.6. The van der Waals surface area contributed by atoms with Gasteiger partial charge in [0.25, 0.3) is 0 Å². The fourth-order valence-electron chi connectivity index (χ4n) is 2.39. The second-order valence-corrected chi connectivity index (χ2v) is 4.92. The minimum absolute atomic E-state index is 0.677. The number of para-hydroxylation sites is 1. The van der Waals surface area contributed by atoms with Crippen molar-refractivity contribution in [1.82, 2.24) is 0 Å². The number of halogens is 1. The lowest BCUT2D eigenvalue weighted by Gasteiger charge is -2.06. The third kappa shape index (κ3) is 1.98. The van der Waals surface area contributed by atoms with Gasteiger partial charge in [-0.05, 0) is 24.3 Å². The highest BCUT2D eigenvalue weighted by molar-refractivity contribution is 6.31. The van der Waals surface area contributed by atoms with Crippen molar-refractivity contribution in [2.45, 2.75) is 13.3 Å². The van der Waals surface area contributed by atoms with Crippen LogP contribution in [0.5, 0.6) is 0 Å². The van der Waals surface area contributed by atoms with Crippen LogP contribution in [0, 0.1) is 0 Å². The van der Waals surface area contributed by atoms with Crippen LogP contribution >= 0.6 is 11.6 Å². The molecule has 0 atom stereocenters. The van der Waals surface area contributed by atoms with Gasteiger partial charge in [-0.15, -0.1) is 0 Å². The molecule has 1 aromatic heterocycles. The van der Waals surface area contributed by atoms with Crippen LogP contribution in [0.15, 0.2) is 46.9 Å². The summed E-state index contributed by atoms with van der Waals surface area (Å²) in [6, 6.07) is 13.5. The minimum atomic E-state index is 0.677. The monoisotopic (exact) mass is 271 g/mol. The van der Waals surface area contributed by atoms with Crippen molar-refractivity contribution in [2.75, 3.05) is 5.73 Å². The molecule has 0 aliphatic rings. The van der Waals surface area contributed by atoms with E-state index in [4.69, 9.17) is 21.8 Å². The molecule has 3 aromatic rings. The largest absolute Gasteiger partial charge is 0.460 e. The quantitative estimate of drug-likeness (QED) is 0.674. The van der Waals surface area contributed by atoms with Crippen LogP contribution in [0.2, 0.25) is 5.02 Å². The molecule has 0 amide bonds. The molecule has 96 valence electrons. The lowest BCUT2D eigenvalue weighted by molar-refractivity contribution is 0.558. The van der Waals surface area contributed by atoms with Gasteiger partial charge in [0.2, 0.25) is 0 Å². The van der Waals surface area contributed by atoms with Crippen molar-refractivity contribution in [2.24, 2.45) is 0 Å². The first kappa shape index (κ1) is 12.1. The van der Waals surface area contributed by atoms with Crippen LogP contribution in [-0.2, 0) is 6.42 Å². The smallest absolute Gasteiger partial charge is 0.134 e. The molecule has 0 aliphatic carbocycles. The predicted octanol–water partition coefficient (Wildman–Crippen LogP) is 4.90. The molecule has 0 fully saturated rings. The summed E-state index contributed by atoms with van der Waals surface area (Å²) >= 11 is 6.09. The maximum Gasteiger partial charge on any atom is 0.134 e. The predicted molar refractivity (Wildman–Crippen MR) is 80.5 cm³/mol. The molecule has 0 radical (unpaired) electrons. The Morgan fingerprint density at radius 1 is 1.16 bits per heavy atom. The fourth-order valence-corrected chi connectivity index (χ4v) is 2.56. The molecule has 0 spiro atoms. The first-order valence-electron chi connectivity index (χ1n) is 6.26. The Kier molecular flexibility index (Phi) is 2.96. The van der Waals surface area contributed by atoms with E-state index in [1.54, 1.807) is 6.07 Å². The van der Waals surface area contributed by atoms with E-state index < -0.39 is 0 Å². The molecule has 3 heteroatoms. The van der Waals surface area contributed by atoms with E-state index in [0.717, 1.165) is 34.3 Å². The highest BCUT2D eigenvalue weighted by Crippen LogP contribution is 2.38. The third-order valence-corrected chi connectivity index (χ3v) is 3.51. The van der Waals surface area contributed by atoms with Crippen LogP contribution < -0.4 is 5.73 Å². The van der Waals surface area contributed by atoms with E-state index in [0.29, 0.717) is 10.7 Å². The number of hydrogen-bond acceptors (Lipinski definition) is 2. The number of nitrogens with two attached hydrogens (primary N) is 1. The van der Waals surface area contributed by atoms with Gasteiger partial charge < -0.3 is 10.2 Å². The summed E-state index contributed by atoms with van der Waals surface area (Å²) in [6.07, 6.45) is 0.815. The molecule has 0 bridgehead atoms. The van der Waals surface area contributed by atoms with Gasteiger partial charge in [0.15, 0.2) is 0 Å². The molecule has 3 rings (SSSR count). The molecule has 0 aliphatic heterocycles. The number of anilines is 1. The number of aryl methyl sites for hydroxylation is 1. The maximum atomic E-state index is 6.09. The van der Waals surface area contributed by atoms with Gasteiger partial charge in [0.1, 0.15) is 11.3 Å². The molecule has 0 saturated carbocycles. The van der Waals surface area contributed by atoms with Crippen LogP contribution in [0.3, 0.4) is 0 Å². The van der Waals surface area contributed by atoms with Gasteiger partial charge in [-0.25, -0.2) is 0 Å². The zero-order valence-corrected chi connectivity index (χ0v) is 11.4. The van der Waals surface area contributed by atoms with E-state index in [-0.39, 0.29) is 0 Å². The van der Waals surface area contributed by atoms with Gasteiger partial charge in [-0.2, -0.15) is 0 Å². The second kappa shape index (κ2) is 4.63. The maximum absolute atomic E-state index is 6.09. The average molecular weight is 272 g/mol. The van der Waals surface area contributed by atoms with Crippen molar-refractivity contribution in [3.63, 3.8) is 0 Å². The molecule has 19 heavy (non-hydrogen) atoms. The summed E-state index contributed by atoms with van der Waals surface area (Å²) in [4.78, 5) is 0. The summed E-state index contributed by atoms with van der Waals surface area (Å²) in [6.45, 7) is 2.07. The summed E-state index contributed by atoms with van der Waals surface area (Å²) in [5, 5.41) is 1.75. The van der Waals surface area contributed by atoms with Crippen LogP contribution in [0.4, 0.5) is 5.69 Å². The lowest BCUT2D eigenvalue weighted by Crippen LogP contribution is -1.91. The standard InChI is InChI=1S/C16H14ClNO/c1-2-14-16(11-5-3-4-6-15(11)19-14)12-9-10(17)7-8-13(12)18/h3-9H,2,18H2,1H3. The summed E-state index contributed by atoms with van der Waals surface area (Å²) in [5.74, 6) is 0.940. The Morgan fingerprint density at radius 2 is 1.95 bits per heavy atom. The third-order valence-electron chi connectivity index (χ3n) is 3.27. The number of rotatable bonds is 2. The summed E-state index contributed by atoms with van der Waals surface area (Å²) in [5.41, 5.74) is 9.68. The molecule has 0 unspecified atom stereocenters. The van der Waals surface area contributed by atoms with Crippen molar-refractivity contribution < 1.29 is 4.42 Å². The lowest BCUT2D eigenvalue weighted by atomic mass is 9.99. The van der Waals surface area contributed by atoms with Gasteiger partial charge >= 0.3 is 0 Å². The van der Waals surface area contributed by atoms with Gasteiger partial charge in [0.05, 0.1) is 0 Å². The molecular weight excluding hydrogens is 258 g/mol. The molecule has 1 heterocycles. The van der Waals surface area contributed by atoms with E-state index >= 15 is 0 Å². The normalized spacial score (nSPS) is 11.1. The van der Waals surface area contributed by atoms with Gasteiger partial charge in [-0.1, -0.05) is 36.7 Å². The molecule has 2 nitrogen and oxygen atoms in total. The zero-order chi connectivity index (χ0) is 13.4. The SMILES string of the molecule is CCc1oc2ccccc2c1-c1cc(Cl)ccc1N. The first-order chi connectivity index (χ1) is 9.20. The first-order valence-corrected chi connectivity index (χ1v) is 6.64. The van der Waals surface area contributed by atoms with Crippen LogP contribution in [0.25, 0.3) is 22.1 Å². The Bertz CT molecular complexity index is 746. The van der Waals surface area contributed by atoms with Crippen LogP contribution in [-0.4, -0.2) is 0 Å². The number of benzene rings is 2. The number of nitrogen functional groups attached to an aromatic ring is 1. The highest BCUT2D eigenvalue weighted by atomic mass is 35.5. The second-order valence-electron chi connectivity index (χ2n) is 4.48. The van der Waals surface area contributed by atoms with Crippen LogP contribution in [0.1, 0.15) is 12.7 Å². The fraction of sp³-hybridized carbons (Fsp3) is 0.125. The Morgan fingerprint density at radius 3 is 2.74 bits per heavy atom. The number of hydrogen-bond donors (Lipinski definition) is 1. The molecule has 2 N–H and O–H groups in total. The van der Waals surface area contributed by atoms with Crippen molar-refractivity contribution in [3.8, 4) is 11.1 Å². The van der Waals surface area contributed by atoms with Crippen molar-refractivity contribution in [1.29, 1.82) is 0 Å². The minimum Gasteiger partial charge on any atom is -0.460 e. The summed E-state index contributed by atoms with van der Waals surface area (Å²) in [7, 11) is 0. The molecule has 0 saturated heterocycles. The van der Waals surface area contributed by atoms with E-state index in [9.17, 15) is 0 Å². The van der Waals surface area contributed by atoms with Gasteiger partial charge in [-0.3, -0.25) is 0 Å².